The molecule has 6 nitrogen and oxygen atoms in total. The highest BCUT2D eigenvalue weighted by Crippen LogP contribution is 2.42. The fourth-order valence-corrected chi connectivity index (χ4v) is 1.86. The first kappa shape index (κ1) is 8.86. The van der Waals surface area contributed by atoms with Gasteiger partial charge in [0.1, 0.15) is 0 Å². The summed E-state index contributed by atoms with van der Waals surface area (Å²) in [4.78, 5) is 10.4. The normalized spacial score (nSPS) is 13.6. The molecule has 0 aromatic carbocycles. The molecule has 6 heteroatoms. The maximum absolute atomic E-state index is 10.8. The Kier molecular flexibility index (Phi) is 1.83. The molecule has 0 atom stereocenters. The molecule has 0 radical (unpaired) electrons. The molecule has 0 amide bonds. The number of ether oxygens (including phenoxy) is 1. The number of nitrogens with one attached hydrogen (secondary N) is 1. The standard InChI is InChI=1S/C8H11N3O3/c1-5-7(14-2)6(11(12)13)8-9-3-4-10(5)8/h9H,3-4H2,1-2H3. The molecule has 0 fully saturated rings. The second-order valence-electron chi connectivity index (χ2n) is 3.15. The van der Waals surface area contributed by atoms with Gasteiger partial charge in [0, 0.05) is 13.1 Å². The first-order valence-electron chi connectivity index (χ1n) is 4.32. The van der Waals surface area contributed by atoms with Crippen molar-refractivity contribution in [1.82, 2.24) is 4.57 Å². The zero-order valence-electron chi connectivity index (χ0n) is 8.03. The van der Waals surface area contributed by atoms with E-state index in [9.17, 15) is 10.1 Å². The van der Waals surface area contributed by atoms with Crippen LogP contribution in [0.5, 0.6) is 5.75 Å². The third-order valence-electron chi connectivity index (χ3n) is 2.46. The van der Waals surface area contributed by atoms with Crippen LogP contribution in [0.15, 0.2) is 0 Å². The van der Waals surface area contributed by atoms with Gasteiger partial charge in [0.15, 0.2) is 5.82 Å². The van der Waals surface area contributed by atoms with Crippen molar-refractivity contribution < 1.29 is 9.66 Å². The van der Waals surface area contributed by atoms with Gasteiger partial charge in [-0.1, -0.05) is 0 Å². The van der Waals surface area contributed by atoms with Crippen molar-refractivity contribution in [3.8, 4) is 5.75 Å². The second-order valence-corrected chi connectivity index (χ2v) is 3.15. The summed E-state index contributed by atoms with van der Waals surface area (Å²) in [6, 6.07) is 0. The van der Waals surface area contributed by atoms with E-state index in [-0.39, 0.29) is 5.69 Å². The second kappa shape index (κ2) is 2.90. The number of anilines is 1. The number of nitro groups is 1. The Labute approximate surface area is 80.6 Å². The molecule has 0 spiro atoms. The molecule has 76 valence electrons. The number of hydrogen-bond acceptors (Lipinski definition) is 4. The van der Waals surface area contributed by atoms with Gasteiger partial charge in [0.05, 0.1) is 17.7 Å². The van der Waals surface area contributed by atoms with Gasteiger partial charge in [-0.15, -0.1) is 0 Å². The average molecular weight is 197 g/mol. The van der Waals surface area contributed by atoms with Gasteiger partial charge < -0.3 is 14.6 Å². The average Bonchev–Trinajstić information content (AvgIpc) is 2.67. The zero-order chi connectivity index (χ0) is 10.3. The quantitative estimate of drug-likeness (QED) is 0.570. The molecule has 1 aliphatic heterocycles. The minimum atomic E-state index is -0.407. The van der Waals surface area contributed by atoms with Gasteiger partial charge in [-0.2, -0.15) is 0 Å². The molecule has 2 heterocycles. The largest absolute Gasteiger partial charge is 0.489 e. The summed E-state index contributed by atoms with van der Waals surface area (Å²) >= 11 is 0. The first-order chi connectivity index (χ1) is 6.66. The number of nitrogens with zero attached hydrogens (tertiary/aromatic N) is 2. The van der Waals surface area contributed by atoms with Gasteiger partial charge in [-0.25, -0.2) is 0 Å². The molecule has 2 rings (SSSR count). The van der Waals surface area contributed by atoms with Gasteiger partial charge in [0.25, 0.3) is 0 Å². The van der Waals surface area contributed by atoms with Crippen LogP contribution in [0.1, 0.15) is 5.69 Å². The van der Waals surface area contributed by atoms with Crippen molar-refractivity contribution in [2.45, 2.75) is 13.5 Å². The summed E-state index contributed by atoms with van der Waals surface area (Å²) in [6.45, 7) is 3.31. The maximum atomic E-state index is 10.8. The molecule has 0 unspecified atom stereocenters. The van der Waals surface area contributed by atoms with Gasteiger partial charge in [0.2, 0.25) is 5.75 Å². The zero-order valence-corrected chi connectivity index (χ0v) is 8.03. The van der Waals surface area contributed by atoms with Crippen LogP contribution in [0.25, 0.3) is 0 Å². The van der Waals surface area contributed by atoms with Gasteiger partial charge >= 0.3 is 5.69 Å². The molecular weight excluding hydrogens is 186 g/mol. The van der Waals surface area contributed by atoms with Crippen molar-refractivity contribution in [3.05, 3.63) is 15.8 Å². The van der Waals surface area contributed by atoms with E-state index in [1.54, 1.807) is 0 Å². The third-order valence-corrected chi connectivity index (χ3v) is 2.46. The van der Waals surface area contributed by atoms with Crippen LogP contribution in [-0.4, -0.2) is 23.1 Å². The van der Waals surface area contributed by atoms with Crippen LogP contribution in [0.4, 0.5) is 11.5 Å². The molecule has 1 aromatic heterocycles. The fourth-order valence-electron chi connectivity index (χ4n) is 1.86. The molecule has 14 heavy (non-hydrogen) atoms. The SMILES string of the molecule is COc1c([N+](=O)[O-])c2n(c1C)CCN2. The van der Waals surface area contributed by atoms with E-state index in [0.717, 1.165) is 18.8 Å². The lowest BCUT2D eigenvalue weighted by Gasteiger charge is -1.99. The van der Waals surface area contributed by atoms with Gasteiger partial charge in [-0.05, 0) is 6.92 Å². The Morgan fingerprint density at radius 1 is 1.64 bits per heavy atom. The lowest BCUT2D eigenvalue weighted by Crippen LogP contribution is -1.99. The summed E-state index contributed by atoms with van der Waals surface area (Å²) in [5.41, 5.74) is 0.849. The minimum absolute atomic E-state index is 0.0440. The number of aromatic nitrogens is 1. The molecular formula is C8H11N3O3. The highest BCUT2D eigenvalue weighted by molar-refractivity contribution is 5.70. The van der Waals surface area contributed by atoms with Crippen LogP contribution in [0.3, 0.4) is 0 Å². The summed E-state index contributed by atoms with van der Waals surface area (Å²) in [5.74, 6) is 0.918. The fraction of sp³-hybridized carbons (Fsp3) is 0.500. The maximum Gasteiger partial charge on any atom is 0.352 e. The van der Waals surface area contributed by atoms with Gasteiger partial charge in [-0.3, -0.25) is 10.1 Å². The van der Waals surface area contributed by atoms with Crippen molar-refractivity contribution in [1.29, 1.82) is 0 Å². The Balaban J connectivity index is 2.66. The first-order valence-corrected chi connectivity index (χ1v) is 4.32. The highest BCUT2D eigenvalue weighted by atomic mass is 16.6. The lowest BCUT2D eigenvalue weighted by molar-refractivity contribution is -0.384. The molecule has 0 bridgehead atoms. The molecule has 0 saturated carbocycles. The number of fused-ring (bicyclic) bond motifs is 1. The Morgan fingerprint density at radius 2 is 2.36 bits per heavy atom. The summed E-state index contributed by atoms with van der Waals surface area (Å²) < 4.78 is 6.90. The van der Waals surface area contributed by atoms with Crippen molar-refractivity contribution >= 4 is 11.5 Å². The van der Waals surface area contributed by atoms with Crippen molar-refractivity contribution in [2.75, 3.05) is 19.0 Å². The van der Waals surface area contributed by atoms with Crippen LogP contribution in [0.2, 0.25) is 0 Å². The number of methoxy groups -OCH3 is 1. The molecule has 1 aromatic rings. The minimum Gasteiger partial charge on any atom is -0.489 e. The smallest absolute Gasteiger partial charge is 0.352 e. The Hall–Kier alpha value is -1.72. The van der Waals surface area contributed by atoms with Crippen molar-refractivity contribution in [2.24, 2.45) is 0 Å². The summed E-state index contributed by atoms with van der Waals surface area (Å²) in [5, 5.41) is 13.8. The molecule has 1 aliphatic rings. The molecule has 1 N–H and O–H groups in total. The number of hydrogen-bond donors (Lipinski definition) is 1. The van der Waals surface area contributed by atoms with E-state index in [0.29, 0.717) is 11.6 Å². The predicted octanol–water partition coefficient (Wildman–Crippen LogP) is 1.14. The van der Waals surface area contributed by atoms with Crippen LogP contribution < -0.4 is 10.1 Å². The van der Waals surface area contributed by atoms with Crippen molar-refractivity contribution in [3.63, 3.8) is 0 Å². The van der Waals surface area contributed by atoms with Crippen LogP contribution in [-0.2, 0) is 6.54 Å². The van der Waals surface area contributed by atoms with Crippen LogP contribution >= 0.6 is 0 Å². The Morgan fingerprint density at radius 3 is 2.93 bits per heavy atom. The highest BCUT2D eigenvalue weighted by Gasteiger charge is 2.32. The van der Waals surface area contributed by atoms with E-state index < -0.39 is 4.92 Å². The molecule has 0 aliphatic carbocycles. The topological polar surface area (TPSA) is 69.3 Å². The monoisotopic (exact) mass is 197 g/mol. The molecule has 0 saturated heterocycles. The van der Waals surface area contributed by atoms with E-state index in [2.05, 4.69) is 5.32 Å². The number of rotatable bonds is 2. The van der Waals surface area contributed by atoms with Crippen LogP contribution in [0, 0.1) is 17.0 Å². The summed E-state index contributed by atoms with van der Waals surface area (Å²) in [7, 11) is 1.45. The third kappa shape index (κ3) is 0.966. The predicted molar refractivity (Wildman–Crippen MR) is 50.9 cm³/mol. The van der Waals surface area contributed by atoms with E-state index in [1.807, 2.05) is 11.5 Å². The lowest BCUT2D eigenvalue weighted by atomic mass is 10.4. The Bertz CT molecular complexity index is 393. The van der Waals surface area contributed by atoms with E-state index in [1.165, 1.54) is 7.11 Å². The summed E-state index contributed by atoms with van der Waals surface area (Å²) in [6.07, 6.45) is 0. The van der Waals surface area contributed by atoms with E-state index >= 15 is 0 Å². The van der Waals surface area contributed by atoms with E-state index in [4.69, 9.17) is 4.74 Å².